The van der Waals surface area contributed by atoms with Crippen molar-refractivity contribution in [2.24, 2.45) is 0 Å². The van der Waals surface area contributed by atoms with Crippen LogP contribution < -0.4 is 10.2 Å². The average Bonchev–Trinajstić information content (AvgIpc) is 2.63. The van der Waals surface area contributed by atoms with Crippen molar-refractivity contribution in [1.29, 1.82) is 0 Å². The Hall–Kier alpha value is -2.50. The highest BCUT2D eigenvalue weighted by Crippen LogP contribution is 2.12. The zero-order valence-electron chi connectivity index (χ0n) is 14.8. The first-order valence-corrected chi connectivity index (χ1v) is 8.73. The lowest BCUT2D eigenvalue weighted by atomic mass is 10.1. The van der Waals surface area contributed by atoms with Gasteiger partial charge >= 0.3 is 0 Å². The van der Waals surface area contributed by atoms with Gasteiger partial charge in [-0.25, -0.2) is 14.4 Å². The van der Waals surface area contributed by atoms with Crippen LogP contribution in [0.25, 0.3) is 0 Å². The van der Waals surface area contributed by atoms with E-state index in [1.54, 1.807) is 18.2 Å². The molecule has 1 aromatic heterocycles. The zero-order valence-corrected chi connectivity index (χ0v) is 14.8. The number of carbonyl (C=O) groups is 1. The number of carbonyl (C=O) groups excluding carboxylic acids is 1. The predicted molar refractivity (Wildman–Crippen MR) is 97.3 cm³/mol. The van der Waals surface area contributed by atoms with Crippen LogP contribution >= 0.6 is 0 Å². The zero-order chi connectivity index (χ0) is 18.1. The molecule has 0 fully saturated rings. The van der Waals surface area contributed by atoms with Gasteiger partial charge in [-0.15, -0.1) is 0 Å². The molecule has 0 saturated heterocycles. The minimum Gasteiger partial charge on any atom is -0.357 e. The number of benzene rings is 1. The van der Waals surface area contributed by atoms with E-state index in [2.05, 4.69) is 34.0 Å². The van der Waals surface area contributed by atoms with Crippen molar-refractivity contribution in [2.75, 3.05) is 24.5 Å². The van der Waals surface area contributed by atoms with Gasteiger partial charge in [0.15, 0.2) is 0 Å². The van der Waals surface area contributed by atoms with Crippen molar-refractivity contribution in [1.82, 2.24) is 15.3 Å². The Morgan fingerprint density at radius 3 is 2.44 bits per heavy atom. The highest BCUT2D eigenvalue weighted by molar-refractivity contribution is 5.92. The molecule has 25 heavy (non-hydrogen) atoms. The first-order chi connectivity index (χ1) is 12.1. The predicted octanol–water partition coefficient (Wildman–Crippen LogP) is 3.21. The SMILES string of the molecule is CCCN(CCC)c1cc(C(=O)NCCc2ccc(F)cc2)ncn1. The van der Waals surface area contributed by atoms with Crippen LogP contribution in [0.3, 0.4) is 0 Å². The summed E-state index contributed by atoms with van der Waals surface area (Å²) in [5, 5.41) is 2.85. The van der Waals surface area contributed by atoms with Gasteiger partial charge in [-0.05, 0) is 37.0 Å². The molecule has 0 spiro atoms. The van der Waals surface area contributed by atoms with Gasteiger partial charge in [0.25, 0.3) is 5.91 Å². The second-order valence-electron chi connectivity index (χ2n) is 5.88. The molecular weight excluding hydrogens is 319 g/mol. The summed E-state index contributed by atoms with van der Waals surface area (Å²) >= 11 is 0. The Morgan fingerprint density at radius 1 is 1.12 bits per heavy atom. The molecule has 1 N–H and O–H groups in total. The van der Waals surface area contributed by atoms with Crippen molar-refractivity contribution in [2.45, 2.75) is 33.1 Å². The third-order valence-corrected chi connectivity index (χ3v) is 3.81. The van der Waals surface area contributed by atoms with Gasteiger partial charge in [0, 0.05) is 25.7 Å². The van der Waals surface area contributed by atoms with E-state index in [9.17, 15) is 9.18 Å². The van der Waals surface area contributed by atoms with Gasteiger partial charge in [0.2, 0.25) is 0 Å². The molecule has 0 unspecified atom stereocenters. The molecule has 6 heteroatoms. The second kappa shape index (κ2) is 9.71. The van der Waals surface area contributed by atoms with Crippen LogP contribution in [0.4, 0.5) is 10.2 Å². The molecule has 0 atom stereocenters. The summed E-state index contributed by atoms with van der Waals surface area (Å²) in [6.07, 6.45) is 4.11. The molecule has 1 heterocycles. The maximum absolute atomic E-state index is 12.9. The number of nitrogens with one attached hydrogen (secondary N) is 1. The van der Waals surface area contributed by atoms with Crippen molar-refractivity contribution in [3.63, 3.8) is 0 Å². The fourth-order valence-corrected chi connectivity index (χ4v) is 2.59. The summed E-state index contributed by atoms with van der Waals surface area (Å²) in [5.74, 6) is 0.297. The number of hydrogen-bond donors (Lipinski definition) is 1. The maximum Gasteiger partial charge on any atom is 0.270 e. The molecule has 0 saturated carbocycles. The number of aromatic nitrogens is 2. The minimum atomic E-state index is -0.259. The van der Waals surface area contributed by atoms with E-state index < -0.39 is 0 Å². The van der Waals surface area contributed by atoms with Gasteiger partial charge in [-0.3, -0.25) is 4.79 Å². The van der Waals surface area contributed by atoms with E-state index in [1.807, 2.05) is 0 Å². The molecule has 134 valence electrons. The minimum absolute atomic E-state index is 0.223. The Balaban J connectivity index is 1.94. The number of halogens is 1. The molecule has 0 aliphatic carbocycles. The third-order valence-electron chi connectivity index (χ3n) is 3.81. The number of hydrogen-bond acceptors (Lipinski definition) is 4. The van der Waals surface area contributed by atoms with Gasteiger partial charge < -0.3 is 10.2 Å². The lowest BCUT2D eigenvalue weighted by Crippen LogP contribution is -2.29. The topological polar surface area (TPSA) is 58.1 Å². The highest BCUT2D eigenvalue weighted by atomic mass is 19.1. The summed E-state index contributed by atoms with van der Waals surface area (Å²) in [6.45, 7) is 6.50. The molecule has 0 radical (unpaired) electrons. The Morgan fingerprint density at radius 2 is 1.80 bits per heavy atom. The third kappa shape index (κ3) is 5.81. The van der Waals surface area contributed by atoms with Gasteiger partial charge in [-0.1, -0.05) is 26.0 Å². The molecule has 5 nitrogen and oxygen atoms in total. The van der Waals surface area contributed by atoms with Crippen molar-refractivity contribution >= 4 is 11.7 Å². The van der Waals surface area contributed by atoms with E-state index in [1.165, 1.54) is 18.5 Å². The normalized spacial score (nSPS) is 10.5. The van der Waals surface area contributed by atoms with Crippen LogP contribution in [0.2, 0.25) is 0 Å². The molecule has 2 rings (SSSR count). The number of rotatable bonds is 9. The molecule has 0 bridgehead atoms. The smallest absolute Gasteiger partial charge is 0.270 e. The Bertz CT molecular complexity index is 669. The molecule has 2 aromatic rings. The molecule has 1 amide bonds. The highest BCUT2D eigenvalue weighted by Gasteiger charge is 2.12. The number of amides is 1. The summed E-state index contributed by atoms with van der Waals surface area (Å²) < 4.78 is 12.9. The number of nitrogens with zero attached hydrogens (tertiary/aromatic N) is 3. The summed E-state index contributed by atoms with van der Waals surface area (Å²) in [4.78, 5) is 22.8. The van der Waals surface area contributed by atoms with E-state index >= 15 is 0 Å². The maximum atomic E-state index is 12.9. The fourth-order valence-electron chi connectivity index (χ4n) is 2.59. The standard InChI is InChI=1S/C19H25FN4O/c1-3-11-24(12-4-2)18-13-17(22-14-23-18)19(25)21-10-9-15-5-7-16(20)8-6-15/h5-8,13-14H,3-4,9-12H2,1-2H3,(H,21,25). The van der Waals surface area contributed by atoms with Crippen LogP contribution in [-0.4, -0.2) is 35.5 Å². The Labute approximate surface area is 148 Å². The first kappa shape index (κ1) is 18.8. The van der Waals surface area contributed by atoms with Crippen LogP contribution in [0.15, 0.2) is 36.7 Å². The summed E-state index contributed by atoms with van der Waals surface area (Å²) in [6, 6.07) is 8.02. The van der Waals surface area contributed by atoms with E-state index in [0.29, 0.717) is 18.7 Å². The van der Waals surface area contributed by atoms with Crippen LogP contribution in [0.5, 0.6) is 0 Å². The van der Waals surface area contributed by atoms with Gasteiger partial charge in [0.1, 0.15) is 23.7 Å². The van der Waals surface area contributed by atoms with Crippen LogP contribution in [0.1, 0.15) is 42.7 Å². The summed E-state index contributed by atoms with van der Waals surface area (Å²) in [5.41, 5.74) is 1.34. The van der Waals surface area contributed by atoms with Crippen molar-refractivity contribution in [3.8, 4) is 0 Å². The molecular formula is C19H25FN4O. The molecule has 0 aliphatic heterocycles. The van der Waals surface area contributed by atoms with Gasteiger partial charge in [-0.2, -0.15) is 0 Å². The van der Waals surface area contributed by atoms with E-state index in [0.717, 1.165) is 37.3 Å². The monoisotopic (exact) mass is 344 g/mol. The van der Waals surface area contributed by atoms with Gasteiger partial charge in [0.05, 0.1) is 0 Å². The summed E-state index contributed by atoms with van der Waals surface area (Å²) in [7, 11) is 0. The Kier molecular flexibility index (Phi) is 7.32. The fraction of sp³-hybridized carbons (Fsp3) is 0.421. The van der Waals surface area contributed by atoms with Crippen molar-refractivity contribution in [3.05, 3.63) is 53.7 Å². The molecule has 0 aliphatic rings. The quantitative estimate of drug-likeness (QED) is 0.759. The lowest BCUT2D eigenvalue weighted by molar-refractivity contribution is 0.0949. The second-order valence-corrected chi connectivity index (χ2v) is 5.88. The molecule has 1 aromatic carbocycles. The van der Waals surface area contributed by atoms with E-state index in [-0.39, 0.29) is 11.7 Å². The van der Waals surface area contributed by atoms with Crippen LogP contribution in [0, 0.1) is 5.82 Å². The van der Waals surface area contributed by atoms with E-state index in [4.69, 9.17) is 0 Å². The first-order valence-electron chi connectivity index (χ1n) is 8.73. The lowest BCUT2D eigenvalue weighted by Gasteiger charge is -2.22. The van der Waals surface area contributed by atoms with Crippen molar-refractivity contribution < 1.29 is 9.18 Å². The number of anilines is 1. The largest absolute Gasteiger partial charge is 0.357 e. The average molecular weight is 344 g/mol. The van der Waals surface area contributed by atoms with Crippen LogP contribution in [-0.2, 0) is 6.42 Å².